The molecular formula is C70H74N6O2. The number of nitrogens with one attached hydrogen (secondary N) is 1. The summed E-state index contributed by atoms with van der Waals surface area (Å²) in [6.07, 6.45) is 43.6. The summed E-state index contributed by atoms with van der Waals surface area (Å²) in [5.74, 6) is 5.60. The van der Waals surface area contributed by atoms with E-state index in [0.717, 1.165) is 111 Å². The van der Waals surface area contributed by atoms with Crippen LogP contribution in [-0.2, 0) is 17.6 Å². The van der Waals surface area contributed by atoms with Crippen molar-refractivity contribution >= 4 is 45.8 Å². The summed E-state index contributed by atoms with van der Waals surface area (Å²) < 4.78 is 14.3. The summed E-state index contributed by atoms with van der Waals surface area (Å²) in [7, 11) is 0. The zero-order valence-electron chi connectivity index (χ0n) is 45.6. The molecule has 0 saturated carbocycles. The van der Waals surface area contributed by atoms with Crippen molar-refractivity contribution in [2.45, 2.75) is 141 Å². The van der Waals surface area contributed by atoms with Gasteiger partial charge in [-0.25, -0.2) is 9.98 Å². The molecule has 1 aromatic heterocycles. The smallest absolute Gasteiger partial charge is 0.154 e. The highest BCUT2D eigenvalue weighted by atomic mass is 16.5. The number of para-hydroxylation sites is 1. The Morgan fingerprint density at radius 3 is 2.49 bits per heavy atom. The summed E-state index contributed by atoms with van der Waals surface area (Å²) in [5, 5.41) is 5.30. The van der Waals surface area contributed by atoms with Gasteiger partial charge in [0.05, 0.1) is 23.5 Å². The van der Waals surface area contributed by atoms with Crippen LogP contribution in [0.3, 0.4) is 0 Å². The third-order valence-corrected chi connectivity index (χ3v) is 20.0. The van der Waals surface area contributed by atoms with E-state index in [4.69, 9.17) is 24.1 Å². The fourth-order valence-electron chi connectivity index (χ4n) is 16.1. The second kappa shape index (κ2) is 20.1. The highest BCUT2D eigenvalue weighted by Crippen LogP contribution is 2.54. The van der Waals surface area contributed by atoms with E-state index in [-0.39, 0.29) is 30.0 Å². The number of nitrogens with zero attached hydrogens (tertiary/aromatic N) is 5. The summed E-state index contributed by atoms with van der Waals surface area (Å²) in [6, 6.07) is 27.3. The van der Waals surface area contributed by atoms with Gasteiger partial charge in [-0.3, -0.25) is 4.99 Å². The van der Waals surface area contributed by atoms with Gasteiger partial charge in [0.1, 0.15) is 35.2 Å². The minimum absolute atomic E-state index is 0.0824. The number of hydrogen-bond donors (Lipinski definition) is 1. The SMILES string of the molecule is CC1C(C2=NC(C3=CCCCC3)=NC(c3ccccc3)N2)=C(C2C=CC3=C(C2)C2CCN(C4=CC=CCC=C4)C4CCCC=C4C(C)C2O3)N=CC1C1CCc2oc3c4c(ccc3c2C1)N(c1ccccc1)C1CCCC=C41. The van der Waals surface area contributed by atoms with E-state index >= 15 is 0 Å². The highest BCUT2D eigenvalue weighted by Gasteiger charge is 2.48. The quantitative estimate of drug-likeness (QED) is 0.187. The van der Waals surface area contributed by atoms with Crippen LogP contribution in [0.25, 0.3) is 16.5 Å². The van der Waals surface area contributed by atoms with E-state index in [1.165, 1.54) is 93.7 Å². The third kappa shape index (κ3) is 8.24. The number of benzene rings is 3. The van der Waals surface area contributed by atoms with Crippen molar-refractivity contribution in [3.8, 4) is 0 Å². The van der Waals surface area contributed by atoms with E-state index in [0.29, 0.717) is 29.8 Å². The van der Waals surface area contributed by atoms with Crippen LogP contribution < -0.4 is 10.2 Å². The van der Waals surface area contributed by atoms with Crippen LogP contribution in [0.5, 0.6) is 0 Å². The van der Waals surface area contributed by atoms with Gasteiger partial charge in [0.25, 0.3) is 0 Å². The summed E-state index contributed by atoms with van der Waals surface area (Å²) in [4.78, 5) is 22.2. The fourth-order valence-corrected chi connectivity index (χ4v) is 16.1. The van der Waals surface area contributed by atoms with Crippen molar-refractivity contribution in [2.24, 2.45) is 50.5 Å². The molecule has 4 aromatic rings. The molecule has 6 heterocycles. The van der Waals surface area contributed by atoms with E-state index in [2.05, 4.69) is 169 Å². The zero-order valence-corrected chi connectivity index (χ0v) is 45.6. The largest absolute Gasteiger partial charge is 0.489 e. The second-order valence-corrected chi connectivity index (χ2v) is 24.3. The molecule has 10 unspecified atom stereocenters. The molecular weight excluding hydrogens is 957 g/mol. The van der Waals surface area contributed by atoms with Gasteiger partial charge in [-0.05, 0) is 178 Å². The third-order valence-electron chi connectivity index (χ3n) is 20.0. The van der Waals surface area contributed by atoms with Crippen LogP contribution in [0.4, 0.5) is 11.4 Å². The van der Waals surface area contributed by atoms with Gasteiger partial charge in [-0.2, -0.15) is 0 Å². The van der Waals surface area contributed by atoms with Gasteiger partial charge < -0.3 is 24.3 Å². The molecule has 5 aliphatic heterocycles. The molecule has 1 fully saturated rings. The number of likely N-dealkylation sites (tertiary alicyclic amines) is 1. The van der Waals surface area contributed by atoms with Gasteiger partial charge in [0.15, 0.2) is 5.84 Å². The Balaban J connectivity index is 0.786. The minimum Gasteiger partial charge on any atom is -0.489 e. The van der Waals surface area contributed by atoms with Crippen LogP contribution in [-0.4, -0.2) is 47.5 Å². The lowest BCUT2D eigenvalue weighted by Gasteiger charge is -2.44. The normalized spacial score (nSPS) is 31.2. The second-order valence-electron chi connectivity index (χ2n) is 24.3. The summed E-state index contributed by atoms with van der Waals surface area (Å²) >= 11 is 0. The maximum atomic E-state index is 7.20. The lowest BCUT2D eigenvalue weighted by molar-refractivity contribution is 0.0574. The van der Waals surface area contributed by atoms with Crippen LogP contribution in [0.1, 0.15) is 132 Å². The van der Waals surface area contributed by atoms with E-state index in [1.807, 2.05) is 0 Å². The monoisotopic (exact) mass is 1030 g/mol. The van der Waals surface area contributed by atoms with Gasteiger partial charge in [0.2, 0.25) is 0 Å². The van der Waals surface area contributed by atoms with E-state index in [9.17, 15) is 0 Å². The van der Waals surface area contributed by atoms with E-state index in [1.54, 1.807) is 5.57 Å². The van der Waals surface area contributed by atoms with Crippen molar-refractivity contribution in [3.05, 3.63) is 195 Å². The number of fused-ring (bicyclic) bond motifs is 10. The predicted octanol–water partition coefficient (Wildman–Crippen LogP) is 15.9. The molecule has 11 aliphatic rings. The predicted molar refractivity (Wildman–Crippen MR) is 318 cm³/mol. The number of allylic oxidation sites excluding steroid dienone is 10. The number of ether oxygens (including phenoxy) is 1. The Morgan fingerprint density at radius 2 is 1.62 bits per heavy atom. The van der Waals surface area contributed by atoms with Crippen LogP contribution >= 0.6 is 0 Å². The van der Waals surface area contributed by atoms with Gasteiger partial charge >= 0.3 is 0 Å². The molecule has 8 nitrogen and oxygen atoms in total. The van der Waals surface area contributed by atoms with Crippen molar-refractivity contribution in [3.63, 3.8) is 0 Å². The molecule has 1 saturated heterocycles. The number of hydrogen-bond acceptors (Lipinski definition) is 8. The molecule has 15 rings (SSSR count). The number of furan rings is 1. The van der Waals surface area contributed by atoms with Crippen molar-refractivity contribution in [2.75, 3.05) is 11.4 Å². The first-order valence-electron chi connectivity index (χ1n) is 30.2. The molecule has 1 N–H and O–H groups in total. The molecule has 0 amide bonds. The van der Waals surface area contributed by atoms with Crippen LogP contribution in [0.15, 0.2) is 192 Å². The fraction of sp³-hybridized carbons (Fsp3) is 0.414. The van der Waals surface area contributed by atoms with E-state index < -0.39 is 0 Å². The minimum atomic E-state index is -0.249. The molecule has 3 aromatic carbocycles. The van der Waals surface area contributed by atoms with Crippen molar-refractivity contribution in [1.82, 2.24) is 10.2 Å². The molecule has 0 radical (unpaired) electrons. The zero-order chi connectivity index (χ0) is 51.8. The molecule has 8 heteroatoms. The molecule has 0 spiro atoms. The Hall–Kier alpha value is -6.93. The first-order chi connectivity index (χ1) is 38.5. The molecule has 78 heavy (non-hydrogen) atoms. The number of aryl methyl sites for hydroxylation is 1. The lowest BCUT2D eigenvalue weighted by atomic mass is 9.69. The topological polar surface area (TPSA) is 78.0 Å². The summed E-state index contributed by atoms with van der Waals surface area (Å²) in [6.45, 7) is 5.96. The molecule has 10 atom stereocenters. The van der Waals surface area contributed by atoms with Gasteiger partial charge in [-0.1, -0.05) is 105 Å². The highest BCUT2D eigenvalue weighted by molar-refractivity contribution is 6.13. The maximum absolute atomic E-state index is 7.20. The number of rotatable bonds is 7. The number of anilines is 2. The molecule has 6 aliphatic carbocycles. The standard InChI is InChI=1S/C70H74N6O2/c1-43-57(47-32-36-62-55(40-47)52-34-35-60-64(67(52)78-62)54-29-17-19-31-59(54)76(60)50-26-14-7-15-27-50)42-71-65(63(43)70-73-68(45-20-8-5-9-21-45)72-69(74-70)46-22-10-6-11-23-46)48-33-37-61-56(41-48)53-38-39-75(49-24-12-3-4-13-25-49)58-30-18-16-28-51(58)44(2)66(53)77-61/h3,5,7-9,12-15,20-22,24-29,33-35,37,42-44,47-48,53,57-59,66,68H,4,6,10-11,16-19,23,30-32,36,38-41H2,1-2H3,(H,72,73,74). The van der Waals surface area contributed by atoms with Crippen molar-refractivity contribution < 1.29 is 9.15 Å². The van der Waals surface area contributed by atoms with Crippen LogP contribution in [0.2, 0.25) is 0 Å². The average molecular weight is 1030 g/mol. The number of aliphatic imine (C=N–C) groups is 3. The molecule has 0 bridgehead atoms. The maximum Gasteiger partial charge on any atom is 0.154 e. The van der Waals surface area contributed by atoms with Crippen LogP contribution in [0, 0.1) is 35.5 Å². The first-order valence-corrected chi connectivity index (χ1v) is 30.2. The first kappa shape index (κ1) is 48.2. The Bertz CT molecular complexity index is 3450. The van der Waals surface area contributed by atoms with Gasteiger partial charge in [-0.15, -0.1) is 0 Å². The molecule has 396 valence electrons. The average Bonchev–Trinajstić information content (AvgIpc) is 4.10. The number of amidine groups is 2. The lowest BCUT2D eigenvalue weighted by Crippen LogP contribution is -2.45. The Kier molecular flexibility index (Phi) is 12.4. The Labute approximate surface area is 461 Å². The Morgan fingerprint density at radius 1 is 0.769 bits per heavy atom. The summed E-state index contributed by atoms with van der Waals surface area (Å²) in [5.41, 5.74) is 17.1. The van der Waals surface area contributed by atoms with Gasteiger partial charge in [0, 0.05) is 76.3 Å². The van der Waals surface area contributed by atoms with Crippen molar-refractivity contribution in [1.29, 1.82) is 0 Å².